The molecule has 0 saturated heterocycles. The van der Waals surface area contributed by atoms with Crippen molar-refractivity contribution in [3.63, 3.8) is 0 Å². The average Bonchev–Trinajstić information content (AvgIpc) is 3.43. The Morgan fingerprint density at radius 2 is 2.17 bits per heavy atom. The molecule has 1 saturated carbocycles. The minimum absolute atomic E-state index is 0.269. The topological polar surface area (TPSA) is 68.5 Å². The number of allylic oxidation sites excluding steroid dienone is 1. The lowest BCUT2D eigenvalue weighted by Crippen LogP contribution is -2.28. The van der Waals surface area contributed by atoms with Crippen LogP contribution in [0.2, 0.25) is 0 Å². The van der Waals surface area contributed by atoms with Crippen LogP contribution in [0.1, 0.15) is 31.1 Å². The fourth-order valence-electron chi connectivity index (χ4n) is 3.46. The summed E-state index contributed by atoms with van der Waals surface area (Å²) >= 11 is 1.68. The zero-order chi connectivity index (χ0) is 17.1. The molecule has 2 heterocycles. The summed E-state index contributed by atoms with van der Waals surface area (Å²) in [6, 6.07) is 5.77. The number of ether oxygens (including phenoxy) is 1. The molecule has 1 aromatic heterocycles. The van der Waals surface area contributed by atoms with Gasteiger partial charge in [0.1, 0.15) is 23.7 Å². The van der Waals surface area contributed by atoms with E-state index < -0.39 is 5.41 Å². The Bertz CT molecular complexity index is 880. The molecule has 6 heteroatoms. The molecule has 1 fully saturated rings. The zero-order valence-electron chi connectivity index (χ0n) is 14.0. The highest BCUT2D eigenvalue weighted by Crippen LogP contribution is 2.52. The first-order valence-corrected chi connectivity index (χ1v) is 9.16. The van der Waals surface area contributed by atoms with Crippen LogP contribution in [0.4, 0.5) is 0 Å². The molecule has 2 N–H and O–H groups in total. The van der Waals surface area contributed by atoms with E-state index in [0.717, 1.165) is 40.9 Å². The van der Waals surface area contributed by atoms with Crippen LogP contribution in [0.15, 0.2) is 34.0 Å². The van der Waals surface area contributed by atoms with Crippen molar-refractivity contribution in [2.75, 3.05) is 12.9 Å². The van der Waals surface area contributed by atoms with Gasteiger partial charge < -0.3 is 14.9 Å². The number of nitrogens with zero attached hydrogens (tertiary/aromatic N) is 1. The molecule has 126 valence electrons. The smallest absolute Gasteiger partial charge is 0.228 e. The lowest BCUT2D eigenvalue weighted by atomic mass is 9.92. The van der Waals surface area contributed by atoms with Gasteiger partial charge in [-0.25, -0.2) is 0 Å². The first-order valence-electron chi connectivity index (χ1n) is 7.98. The molecule has 1 aromatic carbocycles. The van der Waals surface area contributed by atoms with Crippen molar-refractivity contribution in [1.29, 1.82) is 0 Å². The summed E-state index contributed by atoms with van der Waals surface area (Å²) in [5.41, 5.74) is 9.27. The van der Waals surface area contributed by atoms with Gasteiger partial charge in [0.15, 0.2) is 0 Å². The van der Waals surface area contributed by atoms with Crippen molar-refractivity contribution in [2.45, 2.75) is 32.1 Å². The number of aryl methyl sites for hydroxylation is 1. The normalized spacial score (nSPS) is 18.2. The quantitative estimate of drug-likeness (QED) is 0.813. The van der Waals surface area contributed by atoms with Crippen molar-refractivity contribution in [2.24, 2.45) is 5.73 Å². The fourth-order valence-corrected chi connectivity index (χ4v) is 4.21. The summed E-state index contributed by atoms with van der Waals surface area (Å²) in [6.45, 7) is 4.53. The van der Waals surface area contributed by atoms with Gasteiger partial charge in [0.05, 0.1) is 16.8 Å². The number of hydrogen-bond acceptors (Lipinski definition) is 5. The second-order valence-corrected chi connectivity index (χ2v) is 7.17. The van der Waals surface area contributed by atoms with Crippen LogP contribution in [0, 0.1) is 6.92 Å². The largest absolute Gasteiger partial charge is 0.487 e. The van der Waals surface area contributed by atoms with Crippen molar-refractivity contribution in [3.05, 3.63) is 40.9 Å². The summed E-state index contributed by atoms with van der Waals surface area (Å²) in [5, 5.41) is 0.935. The van der Waals surface area contributed by atoms with E-state index in [1.54, 1.807) is 11.9 Å². The maximum atomic E-state index is 11.9. The number of rotatable bonds is 6. The van der Waals surface area contributed by atoms with Gasteiger partial charge in [-0.1, -0.05) is 0 Å². The van der Waals surface area contributed by atoms with Gasteiger partial charge >= 0.3 is 0 Å². The highest BCUT2D eigenvalue weighted by molar-refractivity contribution is 7.96. The van der Waals surface area contributed by atoms with Gasteiger partial charge in [0.25, 0.3) is 0 Å². The highest BCUT2D eigenvalue weighted by atomic mass is 32.2. The summed E-state index contributed by atoms with van der Waals surface area (Å²) in [7, 11) is 0. The summed E-state index contributed by atoms with van der Waals surface area (Å²) in [6.07, 6.45) is 3.62. The second kappa shape index (κ2) is 5.21. The van der Waals surface area contributed by atoms with E-state index in [2.05, 4.69) is 11.2 Å². The third kappa shape index (κ3) is 2.20. The molecule has 5 nitrogen and oxygen atoms in total. The predicted octanol–water partition coefficient (Wildman–Crippen LogP) is 3.46. The summed E-state index contributed by atoms with van der Waals surface area (Å²) < 4.78 is 13.9. The number of benzene rings is 1. The molecule has 1 aliphatic heterocycles. The Morgan fingerprint density at radius 3 is 2.75 bits per heavy atom. The molecular weight excluding hydrogens is 324 g/mol. The number of furan rings is 1. The molecule has 0 bridgehead atoms. The molecule has 0 atom stereocenters. The van der Waals surface area contributed by atoms with E-state index >= 15 is 0 Å². The lowest BCUT2D eigenvalue weighted by Gasteiger charge is -2.11. The van der Waals surface area contributed by atoms with Gasteiger partial charge in [-0.3, -0.25) is 9.10 Å². The SMILES string of the molecule is CSN1C(C)=C1COc1ccc2oc(C)c(C3(C(N)=O)CC3)c2c1. The standard InChI is InChI=1S/C18H20N2O3S/c1-10-14(20(10)24-3)9-22-12-4-5-15-13(8-12)16(11(2)23-15)18(6-7-18)17(19)21/h4-5,8H,6-7,9H2,1-3H3,(H2,19,21). The molecular formula is C18H20N2O3S. The van der Waals surface area contributed by atoms with Gasteiger partial charge in [-0.2, -0.15) is 0 Å². The van der Waals surface area contributed by atoms with Crippen LogP contribution in [0.25, 0.3) is 11.0 Å². The van der Waals surface area contributed by atoms with Crippen LogP contribution in [-0.4, -0.2) is 23.1 Å². The number of hydrogen-bond donors (Lipinski definition) is 1. The fraction of sp³-hybridized carbons (Fsp3) is 0.389. The van der Waals surface area contributed by atoms with Crippen molar-refractivity contribution in [3.8, 4) is 5.75 Å². The summed E-state index contributed by atoms with van der Waals surface area (Å²) in [4.78, 5) is 11.9. The van der Waals surface area contributed by atoms with E-state index in [0.29, 0.717) is 6.61 Å². The van der Waals surface area contributed by atoms with Crippen LogP contribution in [0.5, 0.6) is 5.75 Å². The minimum Gasteiger partial charge on any atom is -0.487 e. The second-order valence-electron chi connectivity index (χ2n) is 6.44. The average molecular weight is 344 g/mol. The van der Waals surface area contributed by atoms with E-state index in [4.69, 9.17) is 14.9 Å². The number of nitrogens with two attached hydrogens (primary N) is 1. The van der Waals surface area contributed by atoms with E-state index in [-0.39, 0.29) is 5.91 Å². The maximum Gasteiger partial charge on any atom is 0.228 e. The molecule has 0 unspecified atom stereocenters. The number of fused-ring (bicyclic) bond motifs is 1. The Balaban J connectivity index is 1.64. The number of amides is 1. The molecule has 2 aliphatic rings. The van der Waals surface area contributed by atoms with E-state index in [1.807, 2.05) is 31.4 Å². The zero-order valence-corrected chi connectivity index (χ0v) is 14.8. The van der Waals surface area contributed by atoms with Crippen LogP contribution < -0.4 is 10.5 Å². The monoisotopic (exact) mass is 344 g/mol. The van der Waals surface area contributed by atoms with Crippen molar-refractivity contribution >= 4 is 28.8 Å². The molecule has 0 spiro atoms. The molecule has 0 radical (unpaired) electrons. The molecule has 24 heavy (non-hydrogen) atoms. The number of carbonyl (C=O) groups is 1. The Labute approximate surface area is 144 Å². The summed E-state index contributed by atoms with van der Waals surface area (Å²) in [5.74, 6) is 1.28. The highest BCUT2D eigenvalue weighted by Gasteiger charge is 2.52. The van der Waals surface area contributed by atoms with E-state index in [9.17, 15) is 4.79 Å². The van der Waals surface area contributed by atoms with Crippen LogP contribution in [0.3, 0.4) is 0 Å². The van der Waals surface area contributed by atoms with Crippen molar-refractivity contribution in [1.82, 2.24) is 4.31 Å². The Hall–Kier alpha value is -2.08. The van der Waals surface area contributed by atoms with Crippen molar-refractivity contribution < 1.29 is 13.9 Å². The third-order valence-electron chi connectivity index (χ3n) is 5.01. The predicted molar refractivity (Wildman–Crippen MR) is 94.6 cm³/mol. The Morgan fingerprint density at radius 1 is 1.42 bits per heavy atom. The first kappa shape index (κ1) is 15.4. The van der Waals surface area contributed by atoms with Gasteiger partial charge in [0.2, 0.25) is 5.91 Å². The van der Waals surface area contributed by atoms with Crippen LogP contribution in [-0.2, 0) is 10.2 Å². The van der Waals surface area contributed by atoms with E-state index in [1.165, 1.54) is 11.4 Å². The van der Waals surface area contributed by atoms with Crippen LogP contribution >= 0.6 is 11.9 Å². The number of carbonyl (C=O) groups excluding carboxylic acids is 1. The molecule has 1 aliphatic carbocycles. The molecule has 2 aromatic rings. The maximum absolute atomic E-state index is 11.9. The number of primary amides is 1. The molecule has 4 rings (SSSR count). The van der Waals surface area contributed by atoms with Gasteiger partial charge in [-0.15, -0.1) is 0 Å². The van der Waals surface area contributed by atoms with Gasteiger partial charge in [0, 0.05) is 17.2 Å². The lowest BCUT2D eigenvalue weighted by molar-refractivity contribution is -0.120. The first-order chi connectivity index (χ1) is 11.5. The third-order valence-corrected chi connectivity index (χ3v) is 5.87. The van der Waals surface area contributed by atoms with Gasteiger partial charge in [-0.05, 0) is 56.8 Å². The minimum atomic E-state index is -0.556. The molecule has 1 amide bonds. The Kier molecular flexibility index (Phi) is 3.35.